The molecule has 16 heteroatoms. The molecule has 16 atom stereocenters. The monoisotopic (exact) mass is 673 g/mol. The maximum atomic E-state index is 14.5. The largest absolute Gasteiger partial charge is 0.392 e. The maximum Gasteiger partial charge on any atom is 0.340 e. The zero-order valence-electron chi connectivity index (χ0n) is 27.2. The summed E-state index contributed by atoms with van der Waals surface area (Å²) in [6.07, 6.45) is -5.67. The number of ether oxygens (including phenoxy) is 3. The Morgan fingerprint density at radius 2 is 1.77 bits per heavy atom. The van der Waals surface area contributed by atoms with Gasteiger partial charge >= 0.3 is 5.96 Å². The average molecular weight is 674 g/mol. The molecule has 0 aromatic heterocycles. The van der Waals surface area contributed by atoms with Crippen molar-refractivity contribution in [3.05, 3.63) is 0 Å². The molecular formula is C31H55N5O11+2. The number of ketones is 2. The smallest absolute Gasteiger partial charge is 0.340 e. The second kappa shape index (κ2) is 15.0. The molecule has 2 heterocycles. The molecule has 5 rings (SSSR count). The molecule has 5 aliphatic rings. The van der Waals surface area contributed by atoms with Crippen LogP contribution in [0.25, 0.3) is 0 Å². The Morgan fingerprint density at radius 1 is 1.04 bits per heavy atom. The van der Waals surface area contributed by atoms with Crippen LogP contribution in [0.1, 0.15) is 44.9 Å². The Balaban J connectivity index is 1.39. The average Bonchev–Trinajstić information content (AvgIpc) is 3.07. The number of nitrogens with two attached hydrogens (primary N) is 3. The standard InChI is InChI=1S/C31H53N5O11/c1-34-30(33)36-11-18-14(5-3-13-4-6-20(32)35-10-13)7-16-22(24(18)39)25(40)21-17(23(16)38)8-15(45-2)9-19(21)46-29-27(42)26(41)28(43)31(44,12-37)47-29/h13-22,24,26-29,35,37,39,41-44H,3-12,32H2,1-2H3,(H3,33,34,36)/p+2. The highest BCUT2D eigenvalue weighted by Crippen LogP contribution is 2.51. The van der Waals surface area contributed by atoms with Crippen LogP contribution in [-0.2, 0) is 23.8 Å². The highest BCUT2D eigenvalue weighted by Gasteiger charge is 2.62. The lowest BCUT2D eigenvalue weighted by Crippen LogP contribution is -2.95. The van der Waals surface area contributed by atoms with Crippen molar-refractivity contribution in [1.82, 2.24) is 5.32 Å². The minimum Gasteiger partial charge on any atom is -0.392 e. The van der Waals surface area contributed by atoms with Crippen molar-refractivity contribution in [3.8, 4) is 0 Å². The first-order valence-electron chi connectivity index (χ1n) is 16.9. The van der Waals surface area contributed by atoms with E-state index in [1.165, 1.54) is 7.11 Å². The van der Waals surface area contributed by atoms with E-state index in [9.17, 15) is 40.2 Å². The van der Waals surface area contributed by atoms with Crippen LogP contribution in [0.2, 0.25) is 0 Å². The number of guanidine groups is 1. The molecule has 0 spiro atoms. The number of carbonyl (C=O) groups excluding carboxylic acids is 2. The Labute approximate surface area is 274 Å². The maximum absolute atomic E-state index is 14.5. The van der Waals surface area contributed by atoms with Gasteiger partial charge in [0.15, 0.2) is 6.29 Å². The van der Waals surface area contributed by atoms with Gasteiger partial charge < -0.3 is 50.2 Å². The van der Waals surface area contributed by atoms with E-state index in [0.29, 0.717) is 24.8 Å². The third kappa shape index (κ3) is 7.24. The fourth-order valence-corrected chi connectivity index (χ4v) is 8.83. The van der Waals surface area contributed by atoms with E-state index in [2.05, 4.69) is 15.6 Å². The summed E-state index contributed by atoms with van der Waals surface area (Å²) < 4.78 is 17.0. The lowest BCUT2D eigenvalue weighted by molar-refractivity contribution is -0.702. The summed E-state index contributed by atoms with van der Waals surface area (Å²) in [4.78, 5) is 31.6. The summed E-state index contributed by atoms with van der Waals surface area (Å²) >= 11 is 0. The topological polar surface area (TPSA) is 278 Å². The molecule has 0 radical (unpaired) electrons. The number of hydrogen-bond donors (Lipinski definition) is 11. The van der Waals surface area contributed by atoms with Gasteiger partial charge in [-0.3, -0.25) is 31.4 Å². The molecule has 2 saturated heterocycles. The van der Waals surface area contributed by atoms with Crippen LogP contribution >= 0.6 is 0 Å². The summed E-state index contributed by atoms with van der Waals surface area (Å²) in [6.45, 7) is 0.117. The first-order valence-corrected chi connectivity index (χ1v) is 16.9. The molecule has 268 valence electrons. The van der Waals surface area contributed by atoms with E-state index in [4.69, 9.17) is 25.7 Å². The molecule has 0 bridgehead atoms. The van der Waals surface area contributed by atoms with Crippen molar-refractivity contribution in [3.63, 3.8) is 0 Å². The van der Waals surface area contributed by atoms with Gasteiger partial charge in [0.25, 0.3) is 0 Å². The molecule has 14 N–H and O–H groups in total. The number of fused-ring (bicyclic) bond motifs is 2. The van der Waals surface area contributed by atoms with Crippen molar-refractivity contribution in [2.24, 2.45) is 52.9 Å². The minimum absolute atomic E-state index is 0.0453. The molecule has 0 aromatic carbocycles. The molecule has 2 aliphatic heterocycles. The van der Waals surface area contributed by atoms with Crippen molar-refractivity contribution >= 4 is 17.5 Å². The van der Waals surface area contributed by atoms with Crippen LogP contribution in [0.5, 0.6) is 0 Å². The zero-order valence-corrected chi connectivity index (χ0v) is 27.2. The van der Waals surface area contributed by atoms with E-state index >= 15 is 0 Å². The quantitative estimate of drug-likeness (QED) is 0.0803. The van der Waals surface area contributed by atoms with Crippen LogP contribution in [0.3, 0.4) is 0 Å². The Morgan fingerprint density at radius 3 is 2.40 bits per heavy atom. The summed E-state index contributed by atoms with van der Waals surface area (Å²) in [5, 5.41) is 68.7. The fraction of sp³-hybridized carbons (Fsp3) is 0.903. The van der Waals surface area contributed by atoms with E-state index < -0.39 is 79.0 Å². The van der Waals surface area contributed by atoms with Crippen LogP contribution in [0.4, 0.5) is 0 Å². The number of aliphatic hydroxyl groups is 6. The number of aliphatic hydroxyl groups excluding tert-OH is 5. The van der Waals surface area contributed by atoms with Crippen molar-refractivity contribution in [2.45, 2.75) is 99.8 Å². The second-order valence-electron chi connectivity index (χ2n) is 14.3. The van der Waals surface area contributed by atoms with Crippen LogP contribution in [0.15, 0.2) is 0 Å². The van der Waals surface area contributed by atoms with Gasteiger partial charge in [-0.05, 0) is 38.0 Å². The van der Waals surface area contributed by atoms with Gasteiger partial charge in [-0.1, -0.05) is 0 Å². The highest BCUT2D eigenvalue weighted by atomic mass is 16.8. The van der Waals surface area contributed by atoms with Crippen molar-refractivity contribution in [1.29, 1.82) is 0 Å². The summed E-state index contributed by atoms with van der Waals surface area (Å²) in [5.41, 5.74) is 12.1. The zero-order chi connectivity index (χ0) is 34.2. The number of rotatable bonds is 9. The molecule has 5 fully saturated rings. The minimum atomic E-state index is -2.64. The first-order chi connectivity index (χ1) is 22.3. The van der Waals surface area contributed by atoms with E-state index in [1.54, 1.807) is 7.05 Å². The van der Waals surface area contributed by atoms with E-state index in [1.807, 2.05) is 0 Å². The normalized spacial score (nSPS) is 47.7. The molecule has 3 aliphatic carbocycles. The predicted octanol–water partition coefficient (Wildman–Crippen LogP) is -6.43. The number of carbonyl (C=O) groups is 2. The Kier molecular flexibility index (Phi) is 11.6. The molecule has 16 nitrogen and oxygen atoms in total. The van der Waals surface area contributed by atoms with Crippen molar-refractivity contribution in [2.75, 3.05) is 33.9 Å². The summed E-state index contributed by atoms with van der Waals surface area (Å²) in [5.74, 6) is -6.23. The van der Waals surface area contributed by atoms with Crippen LogP contribution in [0, 0.1) is 41.4 Å². The lowest BCUT2D eigenvalue weighted by Gasteiger charge is -2.53. The van der Waals surface area contributed by atoms with E-state index in [0.717, 1.165) is 32.2 Å². The fourth-order valence-electron chi connectivity index (χ4n) is 8.83. The number of methoxy groups -OCH3 is 1. The summed E-state index contributed by atoms with van der Waals surface area (Å²) in [6, 6.07) is 0. The number of nitrogens with one attached hydrogen (secondary N) is 2. The van der Waals surface area contributed by atoms with Gasteiger partial charge in [0.1, 0.15) is 36.0 Å². The molecule has 47 heavy (non-hydrogen) atoms. The van der Waals surface area contributed by atoms with Gasteiger partial charge in [0.05, 0.1) is 56.9 Å². The lowest BCUT2D eigenvalue weighted by atomic mass is 9.53. The van der Waals surface area contributed by atoms with Gasteiger partial charge in [-0.2, -0.15) is 0 Å². The number of piperidine rings is 1. The second-order valence-corrected chi connectivity index (χ2v) is 14.3. The van der Waals surface area contributed by atoms with E-state index in [-0.39, 0.29) is 42.4 Å². The number of quaternary nitrogens is 1. The van der Waals surface area contributed by atoms with Gasteiger partial charge in [-0.15, -0.1) is 0 Å². The third-order valence-electron chi connectivity index (χ3n) is 11.7. The molecule has 0 amide bonds. The van der Waals surface area contributed by atoms with Crippen molar-refractivity contribution < 1.29 is 64.7 Å². The van der Waals surface area contributed by atoms with Gasteiger partial charge in [-0.25, -0.2) is 0 Å². The predicted molar refractivity (Wildman–Crippen MR) is 162 cm³/mol. The Bertz CT molecular complexity index is 1140. The third-order valence-corrected chi connectivity index (χ3v) is 11.7. The van der Waals surface area contributed by atoms with Gasteiger partial charge in [0, 0.05) is 43.6 Å². The van der Waals surface area contributed by atoms with Crippen LogP contribution < -0.4 is 27.1 Å². The first kappa shape index (κ1) is 36.5. The molecule has 16 unspecified atom stereocenters. The summed E-state index contributed by atoms with van der Waals surface area (Å²) in [7, 11) is 3.16. The molecule has 3 saturated carbocycles. The number of hydrogen-bond acceptors (Lipinski definition) is 12. The molecular weight excluding hydrogens is 618 g/mol. The molecule has 0 aromatic rings. The van der Waals surface area contributed by atoms with Crippen LogP contribution in [-0.4, -0.2) is 137 Å². The Hall–Kier alpha value is -1.83. The SMILES string of the molecule is C[NH+]=C(N)NCC1C(CCC2CCC(N)[NH2+]C2)CC2C(=O)C3CC(OC)CC(OC4OC(O)(CO)C(O)C(O)C4O)C3C(=O)C2C1O. The number of Topliss-reactive ketones (excluding diaryl/α,β-unsaturated/α-hetero) is 2. The van der Waals surface area contributed by atoms with Gasteiger partial charge in [0.2, 0.25) is 5.79 Å². The highest BCUT2D eigenvalue weighted by molar-refractivity contribution is 6.00.